The van der Waals surface area contributed by atoms with Gasteiger partial charge in [-0.25, -0.2) is 0 Å². The van der Waals surface area contributed by atoms with Crippen molar-refractivity contribution in [3.63, 3.8) is 0 Å². The molecule has 0 spiro atoms. The molecule has 6 rings (SSSR count). The summed E-state index contributed by atoms with van der Waals surface area (Å²) in [5.41, 5.74) is 3.20. The van der Waals surface area contributed by atoms with E-state index in [4.69, 9.17) is 28.4 Å². The molecule has 0 radical (unpaired) electrons. The second-order valence-corrected chi connectivity index (χ2v) is 12.9. The van der Waals surface area contributed by atoms with Gasteiger partial charge >= 0.3 is 0 Å². The number of rotatable bonds is 23. The summed E-state index contributed by atoms with van der Waals surface area (Å²) >= 11 is 0. The van der Waals surface area contributed by atoms with Crippen molar-refractivity contribution >= 4 is 44.7 Å². The number of para-hydroxylation sites is 4. The number of nitrogens with one attached hydrogen (secondary N) is 2. The molecule has 10 heteroatoms. The average Bonchev–Trinajstić information content (AvgIpc) is 3.22. The normalized spacial score (nSPS) is 11.1. The van der Waals surface area contributed by atoms with Gasteiger partial charge in [-0.15, -0.1) is 0 Å². The number of ether oxygens (including phenoxy) is 6. The van der Waals surface area contributed by atoms with E-state index in [1.54, 1.807) is 0 Å². The molecule has 0 saturated heterocycles. The fourth-order valence-corrected chi connectivity index (χ4v) is 6.20. The number of benzene rings is 6. The summed E-state index contributed by atoms with van der Waals surface area (Å²) in [6.45, 7) is 4.03. The molecule has 0 aliphatic rings. The Morgan fingerprint density at radius 2 is 0.714 bits per heavy atom. The summed E-state index contributed by atoms with van der Waals surface area (Å²) in [7, 11) is 0. The molecule has 0 aliphatic carbocycles. The van der Waals surface area contributed by atoms with Crippen molar-refractivity contribution in [2.45, 2.75) is 12.8 Å². The summed E-state index contributed by atoms with van der Waals surface area (Å²) in [5, 5.41) is 10.3. The van der Waals surface area contributed by atoms with Gasteiger partial charge in [-0.05, 0) is 56.9 Å². The molecule has 10 nitrogen and oxygen atoms in total. The molecule has 6 aromatic rings. The van der Waals surface area contributed by atoms with Gasteiger partial charge < -0.3 is 39.1 Å². The molecule has 0 aromatic heterocycles. The predicted octanol–water partition coefficient (Wildman–Crippen LogP) is 7.88. The average molecular weight is 757 g/mol. The minimum atomic E-state index is -0.109. The van der Waals surface area contributed by atoms with Gasteiger partial charge in [0.2, 0.25) is 11.8 Å². The molecule has 0 fully saturated rings. The maximum Gasteiger partial charge on any atom is 0.228 e. The molecule has 0 saturated carbocycles. The van der Waals surface area contributed by atoms with E-state index in [0.717, 1.165) is 32.7 Å². The summed E-state index contributed by atoms with van der Waals surface area (Å²) in [6, 6.07) is 42.9. The van der Waals surface area contributed by atoms with E-state index >= 15 is 0 Å². The number of carbonyl (C=O) groups is 2. The Hall–Kier alpha value is -5.78. The molecule has 0 unspecified atom stereocenters. The van der Waals surface area contributed by atoms with Crippen LogP contribution >= 0.6 is 0 Å². The summed E-state index contributed by atoms with van der Waals surface area (Å²) in [5.74, 6) is 0.962. The van der Waals surface area contributed by atoms with Crippen molar-refractivity contribution in [2.24, 2.45) is 0 Å². The summed E-state index contributed by atoms with van der Waals surface area (Å²) in [6.07, 6.45) is 0.532. The van der Waals surface area contributed by atoms with Crippen molar-refractivity contribution in [1.82, 2.24) is 0 Å². The topological polar surface area (TPSA) is 114 Å². The van der Waals surface area contributed by atoms with Crippen molar-refractivity contribution in [3.8, 4) is 11.5 Å². The van der Waals surface area contributed by atoms with Gasteiger partial charge in [0.05, 0.1) is 77.1 Å². The van der Waals surface area contributed by atoms with Gasteiger partial charge in [-0.3, -0.25) is 9.59 Å². The fourth-order valence-electron chi connectivity index (χ4n) is 6.20. The number of carbonyl (C=O) groups excluding carboxylic acids is 2. The fraction of sp³-hybridized carbons (Fsp3) is 0.261. The lowest BCUT2D eigenvalue weighted by Crippen LogP contribution is -2.17. The van der Waals surface area contributed by atoms with Crippen LogP contribution in [-0.2, 0) is 41.4 Å². The Morgan fingerprint density at radius 1 is 0.375 bits per heavy atom. The Labute approximate surface area is 327 Å². The smallest absolute Gasteiger partial charge is 0.228 e. The van der Waals surface area contributed by atoms with Gasteiger partial charge in [0.15, 0.2) is 0 Å². The second kappa shape index (κ2) is 21.9. The third-order valence-electron chi connectivity index (χ3n) is 8.87. The molecular weight excluding hydrogens is 709 g/mol. The molecule has 56 heavy (non-hydrogen) atoms. The molecule has 6 aromatic carbocycles. The monoisotopic (exact) mass is 756 g/mol. The van der Waals surface area contributed by atoms with Crippen LogP contribution in [0, 0.1) is 0 Å². The summed E-state index contributed by atoms with van der Waals surface area (Å²) < 4.78 is 34.3. The SMILES string of the molecule is O=C(Cc1cccc2ccccc12)Nc1ccccc1OCCOCCOCCOCCOCCOc1ccccc1NC(=O)Cc1cccc2ccccc12. The number of fused-ring (bicyclic) bond motifs is 2. The first-order chi connectivity index (χ1) is 27.6. The molecule has 2 N–H and O–H groups in total. The van der Waals surface area contributed by atoms with E-state index in [1.807, 2.05) is 133 Å². The van der Waals surface area contributed by atoms with Crippen LogP contribution in [0.1, 0.15) is 11.1 Å². The molecule has 2 amide bonds. The van der Waals surface area contributed by atoms with E-state index in [9.17, 15) is 9.59 Å². The first-order valence-corrected chi connectivity index (χ1v) is 18.9. The van der Waals surface area contributed by atoms with Gasteiger partial charge in [0, 0.05) is 0 Å². The molecule has 0 bridgehead atoms. The zero-order chi connectivity index (χ0) is 38.6. The minimum Gasteiger partial charge on any atom is -0.489 e. The number of hydrogen-bond donors (Lipinski definition) is 2. The van der Waals surface area contributed by atoms with Crippen LogP contribution in [-0.4, -0.2) is 77.9 Å². The van der Waals surface area contributed by atoms with Crippen molar-refractivity contribution < 1.29 is 38.0 Å². The number of hydrogen-bond acceptors (Lipinski definition) is 8. The molecule has 290 valence electrons. The van der Waals surface area contributed by atoms with Crippen LogP contribution in [0.3, 0.4) is 0 Å². The quantitative estimate of drug-likeness (QED) is 0.0636. The number of amides is 2. The third kappa shape index (κ3) is 12.4. The highest BCUT2D eigenvalue weighted by Crippen LogP contribution is 2.26. The van der Waals surface area contributed by atoms with E-state index in [-0.39, 0.29) is 24.7 Å². The van der Waals surface area contributed by atoms with Crippen LogP contribution in [0.15, 0.2) is 133 Å². The molecular formula is C46H48N2O8. The zero-order valence-corrected chi connectivity index (χ0v) is 31.5. The molecule has 0 atom stereocenters. The Balaban J connectivity index is 0.762. The van der Waals surface area contributed by atoms with E-state index in [2.05, 4.69) is 10.6 Å². The van der Waals surface area contributed by atoms with Crippen molar-refractivity contribution in [3.05, 3.63) is 145 Å². The lowest BCUT2D eigenvalue weighted by molar-refractivity contribution is -0.116. The van der Waals surface area contributed by atoms with E-state index in [0.29, 0.717) is 88.9 Å². The first kappa shape index (κ1) is 39.9. The van der Waals surface area contributed by atoms with Crippen LogP contribution < -0.4 is 20.1 Å². The van der Waals surface area contributed by atoms with Gasteiger partial charge in [0.1, 0.15) is 24.7 Å². The highest BCUT2D eigenvalue weighted by Gasteiger charge is 2.12. The van der Waals surface area contributed by atoms with E-state index in [1.165, 1.54) is 0 Å². The van der Waals surface area contributed by atoms with E-state index < -0.39 is 0 Å². The maximum atomic E-state index is 12.9. The second-order valence-electron chi connectivity index (χ2n) is 12.9. The standard InChI is InChI=1S/C46H48N2O8/c49-45(33-37-15-9-13-35-11-1-3-17-39(35)37)47-41-19-5-7-21-43(41)55-31-29-53-27-25-51-23-24-52-26-28-54-30-32-56-44-22-8-6-20-42(44)48-46(50)34-38-16-10-14-36-12-2-4-18-40(36)38/h1-22H,23-34H2,(H,47,49)(H,48,50). The highest BCUT2D eigenvalue weighted by atomic mass is 16.6. The van der Waals surface area contributed by atoms with Gasteiger partial charge in [0.25, 0.3) is 0 Å². The lowest BCUT2D eigenvalue weighted by atomic mass is 10.0. The van der Waals surface area contributed by atoms with Crippen molar-refractivity contribution in [2.75, 3.05) is 76.7 Å². The van der Waals surface area contributed by atoms with Crippen molar-refractivity contribution in [1.29, 1.82) is 0 Å². The number of anilines is 2. The van der Waals surface area contributed by atoms with Crippen LogP contribution in [0.5, 0.6) is 11.5 Å². The van der Waals surface area contributed by atoms with Gasteiger partial charge in [-0.1, -0.05) is 109 Å². The summed E-state index contributed by atoms with van der Waals surface area (Å²) in [4.78, 5) is 25.8. The lowest BCUT2D eigenvalue weighted by Gasteiger charge is -2.13. The minimum absolute atomic E-state index is 0.109. The van der Waals surface area contributed by atoms with Gasteiger partial charge in [-0.2, -0.15) is 0 Å². The third-order valence-corrected chi connectivity index (χ3v) is 8.87. The Morgan fingerprint density at radius 3 is 1.14 bits per heavy atom. The highest BCUT2D eigenvalue weighted by molar-refractivity contribution is 5.98. The first-order valence-electron chi connectivity index (χ1n) is 18.9. The van der Waals surface area contributed by atoms with Crippen LogP contribution in [0.4, 0.5) is 11.4 Å². The zero-order valence-electron chi connectivity index (χ0n) is 31.5. The Kier molecular flexibility index (Phi) is 15.6. The van der Waals surface area contributed by atoms with Crippen LogP contribution in [0.2, 0.25) is 0 Å². The molecule has 0 aliphatic heterocycles. The Bertz CT molecular complexity index is 1990. The predicted molar refractivity (Wildman–Crippen MR) is 220 cm³/mol. The molecule has 0 heterocycles. The van der Waals surface area contributed by atoms with Crippen LogP contribution in [0.25, 0.3) is 21.5 Å². The maximum absolute atomic E-state index is 12.9. The largest absolute Gasteiger partial charge is 0.489 e.